The fourth-order valence-electron chi connectivity index (χ4n) is 0.268. The van der Waals surface area contributed by atoms with Crippen molar-refractivity contribution in [2.24, 2.45) is 5.73 Å². The van der Waals surface area contributed by atoms with E-state index in [0.29, 0.717) is 0 Å². The van der Waals surface area contributed by atoms with E-state index in [2.05, 4.69) is 5.73 Å². The Morgan fingerprint density at radius 3 is 2.33 bits per heavy atom. The molecule has 0 radical (unpaired) electrons. The number of primary amides is 1. The fourth-order valence-corrected chi connectivity index (χ4v) is 0.268. The number of rotatable bonds is 3. The van der Waals surface area contributed by atoms with Crippen LogP contribution in [0.2, 0.25) is 0 Å². The van der Waals surface area contributed by atoms with Crippen LogP contribution in [-0.4, -0.2) is 30.0 Å². The number of amides is 1. The quantitative estimate of drug-likeness (QED) is 0.534. The number of carbonyl (C=O) groups is 1. The van der Waals surface area contributed by atoms with Crippen LogP contribution >= 0.6 is 0 Å². The van der Waals surface area contributed by atoms with Crippen LogP contribution in [0.4, 0.5) is 8.78 Å². The van der Waals surface area contributed by atoms with Crippen molar-refractivity contribution in [3.8, 4) is 0 Å². The van der Waals surface area contributed by atoms with Crippen LogP contribution in [0.15, 0.2) is 0 Å². The van der Waals surface area contributed by atoms with Crippen molar-refractivity contribution >= 4 is 5.91 Å². The summed E-state index contributed by atoms with van der Waals surface area (Å²) in [5.74, 6) is -1.35. The van der Waals surface area contributed by atoms with Gasteiger partial charge in [0, 0.05) is 0 Å². The first kappa shape index (κ1) is 8.29. The van der Waals surface area contributed by atoms with Gasteiger partial charge in [-0.2, -0.15) is 0 Å². The lowest BCUT2D eigenvalue weighted by atomic mass is 10.2. The van der Waals surface area contributed by atoms with Gasteiger partial charge in [0.15, 0.2) is 0 Å². The first-order valence-electron chi connectivity index (χ1n) is 2.27. The molecule has 0 aliphatic rings. The van der Waals surface area contributed by atoms with Crippen LogP contribution in [0.25, 0.3) is 0 Å². The Labute approximate surface area is 50.5 Å². The van der Waals surface area contributed by atoms with Gasteiger partial charge in [0.05, 0.1) is 0 Å². The molecule has 0 unspecified atom stereocenters. The molecule has 3 nitrogen and oxygen atoms in total. The summed E-state index contributed by atoms with van der Waals surface area (Å²) in [5.41, 5.74) is 4.37. The summed E-state index contributed by atoms with van der Waals surface area (Å²) >= 11 is 0. The van der Waals surface area contributed by atoms with Gasteiger partial charge in [0.25, 0.3) is 5.91 Å². The van der Waals surface area contributed by atoms with Gasteiger partial charge in [-0.15, -0.1) is 0 Å². The molecule has 0 aliphatic heterocycles. The first-order chi connectivity index (χ1) is 4.09. The van der Waals surface area contributed by atoms with Gasteiger partial charge in [-0.1, -0.05) is 0 Å². The minimum atomic E-state index is -2.30. The van der Waals surface area contributed by atoms with E-state index in [0.717, 1.165) is 0 Å². The second kappa shape index (κ2) is 3.34. The Kier molecular flexibility index (Phi) is 3.08. The molecule has 5 heteroatoms. The van der Waals surface area contributed by atoms with Crippen molar-refractivity contribution in [3.05, 3.63) is 0 Å². The van der Waals surface area contributed by atoms with Crippen LogP contribution in [-0.2, 0) is 4.79 Å². The molecular weight excluding hydrogens is 132 g/mol. The normalized spacial score (nSPS) is 16.8. The number of aliphatic hydroxyl groups is 1. The van der Waals surface area contributed by atoms with Crippen LogP contribution in [0, 0.1) is 0 Å². The highest BCUT2D eigenvalue weighted by Crippen LogP contribution is 1.97. The Hall–Kier alpha value is -0.710. The molecule has 0 aromatic rings. The lowest BCUT2D eigenvalue weighted by Gasteiger charge is -2.06. The molecule has 2 atom stereocenters. The standard InChI is InChI=1S/C4H7F2NO2/c5-1-2(8)3(6)4(7)9/h2-3,8H,1H2,(H2,7,9)/t2-,3-/m0/s1. The van der Waals surface area contributed by atoms with Crippen LogP contribution in [0.3, 0.4) is 0 Å². The molecule has 0 fully saturated rings. The van der Waals surface area contributed by atoms with Gasteiger partial charge in [-0.05, 0) is 0 Å². The molecule has 54 valence electrons. The number of halogens is 2. The summed E-state index contributed by atoms with van der Waals surface area (Å²) in [6.07, 6.45) is -4.21. The third kappa shape index (κ3) is 2.36. The Morgan fingerprint density at radius 1 is 1.78 bits per heavy atom. The van der Waals surface area contributed by atoms with Crippen LogP contribution in [0.1, 0.15) is 0 Å². The van der Waals surface area contributed by atoms with E-state index < -0.39 is 24.9 Å². The predicted molar refractivity (Wildman–Crippen MR) is 26.1 cm³/mol. The van der Waals surface area contributed by atoms with E-state index in [1.165, 1.54) is 0 Å². The number of aliphatic hydroxyl groups excluding tert-OH is 1. The molecule has 1 amide bonds. The number of hydrogen-bond donors (Lipinski definition) is 2. The highest BCUT2D eigenvalue weighted by atomic mass is 19.1. The Bertz CT molecular complexity index is 109. The lowest BCUT2D eigenvalue weighted by molar-refractivity contribution is -0.127. The Morgan fingerprint density at radius 2 is 2.22 bits per heavy atom. The van der Waals surface area contributed by atoms with Crippen molar-refractivity contribution < 1.29 is 18.7 Å². The van der Waals surface area contributed by atoms with Gasteiger partial charge in [-0.3, -0.25) is 4.79 Å². The second-order valence-electron chi connectivity index (χ2n) is 1.53. The maximum Gasteiger partial charge on any atom is 0.254 e. The Balaban J connectivity index is 3.72. The maximum atomic E-state index is 12.0. The average molecular weight is 139 g/mol. The minimum Gasteiger partial charge on any atom is -0.387 e. The third-order valence-electron chi connectivity index (χ3n) is 0.768. The third-order valence-corrected chi connectivity index (χ3v) is 0.768. The SMILES string of the molecule is NC(=O)[C@@H](F)[C@@H](O)CF. The highest BCUT2D eigenvalue weighted by Gasteiger charge is 2.23. The molecule has 9 heavy (non-hydrogen) atoms. The summed E-state index contributed by atoms with van der Waals surface area (Å²) < 4.78 is 23.3. The number of nitrogens with two attached hydrogens (primary N) is 1. The molecule has 0 bridgehead atoms. The smallest absolute Gasteiger partial charge is 0.254 e. The van der Waals surface area contributed by atoms with E-state index in [4.69, 9.17) is 5.11 Å². The van der Waals surface area contributed by atoms with E-state index in [1.807, 2.05) is 0 Å². The maximum absolute atomic E-state index is 12.0. The molecule has 0 aromatic carbocycles. The molecule has 3 N–H and O–H groups in total. The zero-order valence-corrected chi connectivity index (χ0v) is 4.55. The van der Waals surface area contributed by atoms with Gasteiger partial charge < -0.3 is 10.8 Å². The first-order valence-corrected chi connectivity index (χ1v) is 2.27. The van der Waals surface area contributed by atoms with Crippen LogP contribution in [0.5, 0.6) is 0 Å². The molecular formula is C4H7F2NO2. The predicted octanol–water partition coefficient (Wildman–Crippen LogP) is -0.860. The van der Waals surface area contributed by atoms with Gasteiger partial charge in [0.1, 0.15) is 12.8 Å². The van der Waals surface area contributed by atoms with Crippen molar-refractivity contribution in [1.82, 2.24) is 0 Å². The summed E-state index contributed by atoms with van der Waals surface area (Å²) in [6, 6.07) is 0. The van der Waals surface area contributed by atoms with E-state index in [9.17, 15) is 13.6 Å². The van der Waals surface area contributed by atoms with E-state index in [-0.39, 0.29) is 0 Å². The number of alkyl halides is 2. The molecule has 0 rings (SSSR count). The molecule has 0 spiro atoms. The molecule has 0 heterocycles. The van der Waals surface area contributed by atoms with Gasteiger partial charge in [-0.25, -0.2) is 8.78 Å². The summed E-state index contributed by atoms with van der Waals surface area (Å²) in [4.78, 5) is 9.82. The van der Waals surface area contributed by atoms with Crippen molar-refractivity contribution in [1.29, 1.82) is 0 Å². The van der Waals surface area contributed by atoms with Crippen molar-refractivity contribution in [2.75, 3.05) is 6.67 Å². The second-order valence-corrected chi connectivity index (χ2v) is 1.53. The fraction of sp³-hybridized carbons (Fsp3) is 0.750. The van der Waals surface area contributed by atoms with E-state index in [1.54, 1.807) is 0 Å². The average Bonchev–Trinajstić information content (AvgIpc) is 1.84. The minimum absolute atomic E-state index is 1.30. The number of carbonyl (C=O) groups excluding carboxylic acids is 1. The van der Waals surface area contributed by atoms with E-state index >= 15 is 0 Å². The van der Waals surface area contributed by atoms with Gasteiger partial charge in [0.2, 0.25) is 6.17 Å². The zero-order valence-electron chi connectivity index (χ0n) is 4.55. The van der Waals surface area contributed by atoms with Crippen LogP contribution < -0.4 is 5.73 Å². The monoisotopic (exact) mass is 139 g/mol. The lowest BCUT2D eigenvalue weighted by Crippen LogP contribution is -2.36. The summed E-state index contributed by atoms with van der Waals surface area (Å²) in [7, 11) is 0. The van der Waals surface area contributed by atoms with Crippen molar-refractivity contribution in [3.63, 3.8) is 0 Å². The highest BCUT2D eigenvalue weighted by molar-refractivity contribution is 5.79. The van der Waals surface area contributed by atoms with Gasteiger partial charge >= 0.3 is 0 Å². The summed E-state index contributed by atoms with van der Waals surface area (Å²) in [6.45, 7) is -1.30. The number of hydrogen-bond acceptors (Lipinski definition) is 2. The topological polar surface area (TPSA) is 63.3 Å². The summed E-state index contributed by atoms with van der Waals surface area (Å²) in [5, 5.41) is 8.25. The zero-order chi connectivity index (χ0) is 7.44. The molecule has 0 saturated carbocycles. The molecule has 0 aromatic heterocycles. The largest absolute Gasteiger partial charge is 0.387 e. The van der Waals surface area contributed by atoms with Crippen molar-refractivity contribution in [2.45, 2.75) is 12.3 Å². The molecule has 0 saturated heterocycles. The molecule has 0 aliphatic carbocycles.